The Kier molecular flexibility index (Phi) is 2.35. The van der Waals surface area contributed by atoms with Crippen LogP contribution >= 0.6 is 0 Å². The summed E-state index contributed by atoms with van der Waals surface area (Å²) in [4.78, 5) is 0. The molecule has 0 amide bonds. The maximum absolute atomic E-state index is 2.41. The summed E-state index contributed by atoms with van der Waals surface area (Å²) >= 11 is 0.455. The zero-order valence-corrected chi connectivity index (χ0v) is 7.55. The number of hydrogen-bond donors (Lipinski definition) is 0. The van der Waals surface area contributed by atoms with E-state index in [9.17, 15) is 0 Å². The van der Waals surface area contributed by atoms with Crippen LogP contribution in [0.15, 0.2) is 10.2 Å². The topological polar surface area (TPSA) is 0 Å². The number of hydrogen-bond acceptors (Lipinski definition) is 0. The van der Waals surface area contributed by atoms with E-state index >= 15 is 0 Å². The molecule has 1 rings (SSSR count). The van der Waals surface area contributed by atoms with Crippen molar-refractivity contribution < 1.29 is 21.2 Å². The van der Waals surface area contributed by atoms with Crippen LogP contribution in [0.5, 0.6) is 0 Å². The molecular formula is C7H12I-. The molecule has 1 aliphatic rings. The zero-order chi connectivity index (χ0) is 5.98. The van der Waals surface area contributed by atoms with Gasteiger partial charge in [0.05, 0.1) is 0 Å². The first kappa shape index (κ1) is 6.59. The Morgan fingerprint density at radius 3 is 2.62 bits per heavy atom. The first-order chi connectivity index (χ1) is 3.80. The van der Waals surface area contributed by atoms with Gasteiger partial charge in [0.15, 0.2) is 0 Å². The quantitative estimate of drug-likeness (QED) is 0.396. The van der Waals surface area contributed by atoms with Crippen molar-refractivity contribution in [1.29, 1.82) is 0 Å². The first-order valence-corrected chi connectivity index (χ1v) is 5.57. The molecule has 0 aromatic heterocycles. The zero-order valence-electron chi connectivity index (χ0n) is 5.39. The fraction of sp³-hybridized carbons (Fsp3) is 0.714. The second-order valence-electron chi connectivity index (χ2n) is 2.48. The first-order valence-electron chi connectivity index (χ1n) is 3.07. The van der Waals surface area contributed by atoms with Crippen LogP contribution in [0.1, 0.15) is 20.3 Å². The standard InChI is InChI=1S/C7H12I/c1-6(2)7-4-3-5-8-7/h3,5-7H,4H2,1-2H3/q-1. The summed E-state index contributed by atoms with van der Waals surface area (Å²) in [6, 6.07) is 0. The van der Waals surface area contributed by atoms with Gasteiger partial charge < -0.3 is 0 Å². The Bertz CT molecular complexity index is 86.6. The molecule has 48 valence electrons. The molecule has 0 aliphatic carbocycles. The SMILES string of the molecule is CC(C)C1CC=C[I-]1. The van der Waals surface area contributed by atoms with Crippen LogP contribution in [0.2, 0.25) is 0 Å². The van der Waals surface area contributed by atoms with Gasteiger partial charge in [-0.3, -0.25) is 0 Å². The molecule has 1 atom stereocenters. The van der Waals surface area contributed by atoms with Crippen LogP contribution in [0.25, 0.3) is 0 Å². The molecule has 1 heteroatoms. The van der Waals surface area contributed by atoms with E-state index in [0.717, 1.165) is 9.84 Å². The van der Waals surface area contributed by atoms with Crippen molar-refractivity contribution in [3.8, 4) is 0 Å². The Hall–Kier alpha value is 0.470. The monoisotopic (exact) mass is 223 g/mol. The van der Waals surface area contributed by atoms with Crippen molar-refractivity contribution in [2.24, 2.45) is 5.92 Å². The molecule has 8 heavy (non-hydrogen) atoms. The third-order valence-corrected chi connectivity index (χ3v) is 5.20. The Labute approximate surface area is 61.6 Å². The summed E-state index contributed by atoms with van der Waals surface area (Å²) < 4.78 is 3.47. The van der Waals surface area contributed by atoms with Crippen LogP contribution in [0, 0.1) is 5.92 Å². The molecule has 0 N–H and O–H groups in total. The van der Waals surface area contributed by atoms with Gasteiger partial charge in [0.1, 0.15) is 0 Å². The summed E-state index contributed by atoms with van der Waals surface area (Å²) in [7, 11) is 0. The molecule has 1 aliphatic heterocycles. The van der Waals surface area contributed by atoms with Gasteiger partial charge in [-0.25, -0.2) is 0 Å². The average Bonchev–Trinajstić information content (AvgIpc) is 2.12. The van der Waals surface area contributed by atoms with E-state index in [-0.39, 0.29) is 0 Å². The van der Waals surface area contributed by atoms with E-state index in [4.69, 9.17) is 0 Å². The molecule has 0 aromatic carbocycles. The molecule has 1 unspecified atom stereocenters. The fourth-order valence-electron chi connectivity index (χ4n) is 0.795. The number of rotatable bonds is 1. The van der Waals surface area contributed by atoms with Crippen molar-refractivity contribution in [2.45, 2.75) is 24.2 Å². The van der Waals surface area contributed by atoms with Crippen molar-refractivity contribution in [2.75, 3.05) is 0 Å². The minimum absolute atomic E-state index is 0.455. The normalized spacial score (nSPS) is 28.6. The van der Waals surface area contributed by atoms with E-state index in [1.807, 2.05) is 0 Å². The predicted octanol–water partition coefficient (Wildman–Crippen LogP) is -0.983. The molecule has 0 fully saturated rings. The molecule has 0 nitrogen and oxygen atoms in total. The predicted molar refractivity (Wildman–Crippen MR) is 32.4 cm³/mol. The third-order valence-electron chi connectivity index (χ3n) is 1.41. The summed E-state index contributed by atoms with van der Waals surface area (Å²) in [6.45, 7) is 4.66. The summed E-state index contributed by atoms with van der Waals surface area (Å²) in [5.41, 5.74) is 0. The van der Waals surface area contributed by atoms with E-state index in [0.29, 0.717) is 21.2 Å². The van der Waals surface area contributed by atoms with E-state index in [1.54, 1.807) is 0 Å². The molecule has 1 heterocycles. The van der Waals surface area contributed by atoms with Crippen LogP contribution in [0.3, 0.4) is 0 Å². The van der Waals surface area contributed by atoms with Crippen LogP contribution in [-0.2, 0) is 0 Å². The van der Waals surface area contributed by atoms with Crippen LogP contribution in [0.4, 0.5) is 0 Å². The molecule has 0 saturated heterocycles. The van der Waals surface area contributed by atoms with Crippen molar-refractivity contribution in [3.63, 3.8) is 0 Å². The Balaban J connectivity index is 2.29. The summed E-state index contributed by atoms with van der Waals surface area (Å²) in [6.07, 6.45) is 3.71. The van der Waals surface area contributed by atoms with Crippen molar-refractivity contribution in [3.05, 3.63) is 10.2 Å². The van der Waals surface area contributed by atoms with E-state index < -0.39 is 0 Å². The van der Waals surface area contributed by atoms with Crippen molar-refractivity contribution in [1.82, 2.24) is 0 Å². The fourth-order valence-corrected chi connectivity index (χ4v) is 3.33. The summed E-state index contributed by atoms with van der Waals surface area (Å²) in [5.74, 6) is 0.929. The van der Waals surface area contributed by atoms with Gasteiger partial charge in [0.25, 0.3) is 0 Å². The van der Waals surface area contributed by atoms with Gasteiger partial charge >= 0.3 is 61.5 Å². The number of alkyl halides is 1. The average molecular weight is 223 g/mol. The number of halogens is 1. The molecule has 0 aromatic rings. The van der Waals surface area contributed by atoms with E-state index in [2.05, 4.69) is 24.0 Å². The van der Waals surface area contributed by atoms with Gasteiger partial charge in [-0.15, -0.1) is 0 Å². The second kappa shape index (κ2) is 2.85. The summed E-state index contributed by atoms with van der Waals surface area (Å²) in [5, 5.41) is 0. The molecule has 0 spiro atoms. The Morgan fingerprint density at radius 2 is 2.38 bits per heavy atom. The number of allylic oxidation sites excluding steroid dienone is 1. The van der Waals surface area contributed by atoms with E-state index in [1.165, 1.54) is 6.42 Å². The van der Waals surface area contributed by atoms with Crippen LogP contribution < -0.4 is 21.2 Å². The third kappa shape index (κ3) is 1.47. The van der Waals surface area contributed by atoms with Gasteiger partial charge in [-0.05, 0) is 0 Å². The van der Waals surface area contributed by atoms with Gasteiger partial charge in [-0.2, -0.15) is 0 Å². The van der Waals surface area contributed by atoms with Crippen LogP contribution in [-0.4, -0.2) is 3.92 Å². The molecule has 0 radical (unpaired) electrons. The molecule has 0 bridgehead atoms. The van der Waals surface area contributed by atoms with Gasteiger partial charge in [0, 0.05) is 0 Å². The molecular weight excluding hydrogens is 211 g/mol. The second-order valence-corrected chi connectivity index (χ2v) is 5.52. The maximum atomic E-state index is 2.41. The van der Waals surface area contributed by atoms with Crippen molar-refractivity contribution >= 4 is 0 Å². The van der Waals surface area contributed by atoms with Gasteiger partial charge in [0.2, 0.25) is 0 Å². The van der Waals surface area contributed by atoms with Gasteiger partial charge in [-0.1, -0.05) is 0 Å². The minimum atomic E-state index is 0.455. The Morgan fingerprint density at radius 1 is 1.62 bits per heavy atom. The molecule has 0 saturated carbocycles.